The van der Waals surface area contributed by atoms with Gasteiger partial charge in [-0.25, -0.2) is 0 Å². The molecule has 0 radical (unpaired) electrons. The minimum absolute atomic E-state index is 0.539. The molecule has 1 atom stereocenters. The number of nitrogens with one attached hydrogen (secondary N) is 1. The van der Waals surface area contributed by atoms with Gasteiger partial charge in [0.15, 0.2) is 0 Å². The van der Waals surface area contributed by atoms with E-state index in [1.165, 1.54) is 90.0 Å². The minimum atomic E-state index is 0.539. The van der Waals surface area contributed by atoms with Gasteiger partial charge in [0, 0.05) is 6.54 Å². The molecule has 0 aromatic heterocycles. The van der Waals surface area contributed by atoms with Crippen LogP contribution in [0.4, 0.5) is 0 Å². The summed E-state index contributed by atoms with van der Waals surface area (Å²) < 4.78 is 5.17. The van der Waals surface area contributed by atoms with Gasteiger partial charge < -0.3 is 10.1 Å². The highest BCUT2D eigenvalue weighted by atomic mass is 16.6. The summed E-state index contributed by atoms with van der Waals surface area (Å²) in [6.07, 6.45) is 19.2. The normalized spacial score (nSPS) is 17.6. The van der Waals surface area contributed by atoms with Crippen molar-refractivity contribution < 1.29 is 4.74 Å². The first-order chi connectivity index (χ1) is 9.93. The second-order valence-electron chi connectivity index (χ2n) is 6.40. The summed E-state index contributed by atoms with van der Waals surface area (Å²) >= 11 is 0. The lowest BCUT2D eigenvalue weighted by Crippen LogP contribution is -2.20. The van der Waals surface area contributed by atoms with Gasteiger partial charge in [-0.3, -0.25) is 0 Å². The van der Waals surface area contributed by atoms with Crippen LogP contribution in [0, 0.1) is 0 Å². The van der Waals surface area contributed by atoms with Gasteiger partial charge in [-0.2, -0.15) is 0 Å². The highest BCUT2D eigenvalue weighted by Crippen LogP contribution is 2.12. The summed E-state index contributed by atoms with van der Waals surface area (Å²) in [5, 5.41) is 3.46. The molecule has 1 rings (SSSR count). The molecule has 2 heteroatoms. The first kappa shape index (κ1) is 18.0. The Labute approximate surface area is 127 Å². The monoisotopic (exact) mass is 283 g/mol. The Kier molecular flexibility index (Phi) is 12.5. The number of ether oxygens (including phenoxy) is 1. The van der Waals surface area contributed by atoms with Crippen LogP contribution in [0.5, 0.6) is 0 Å². The van der Waals surface area contributed by atoms with Crippen LogP contribution in [0.1, 0.15) is 90.4 Å². The standard InChI is InChI=1S/C18H37NO/c1-2-3-4-5-6-7-8-9-10-11-12-13-14-15-19-16-18-17-20-18/h18-19H,2-17H2,1H3. The molecular formula is C18H37NO. The second-order valence-corrected chi connectivity index (χ2v) is 6.40. The maximum Gasteiger partial charge on any atom is 0.0933 e. The molecule has 1 aliphatic rings. The van der Waals surface area contributed by atoms with Gasteiger partial charge >= 0.3 is 0 Å². The van der Waals surface area contributed by atoms with Gasteiger partial charge in [0.2, 0.25) is 0 Å². The molecule has 0 aromatic rings. The van der Waals surface area contributed by atoms with Crippen LogP contribution in [-0.4, -0.2) is 25.8 Å². The van der Waals surface area contributed by atoms with Crippen molar-refractivity contribution in [2.75, 3.05) is 19.7 Å². The fraction of sp³-hybridized carbons (Fsp3) is 1.00. The molecule has 1 N–H and O–H groups in total. The third-order valence-electron chi connectivity index (χ3n) is 4.23. The molecule has 1 unspecified atom stereocenters. The number of hydrogen-bond donors (Lipinski definition) is 1. The maximum atomic E-state index is 5.17. The molecule has 1 aliphatic heterocycles. The SMILES string of the molecule is CCCCCCCCCCCCCCCNCC1CO1. The fourth-order valence-corrected chi connectivity index (χ4v) is 2.72. The number of rotatable bonds is 16. The van der Waals surface area contributed by atoms with Crippen molar-refractivity contribution in [1.29, 1.82) is 0 Å². The summed E-state index contributed by atoms with van der Waals surface area (Å²) in [4.78, 5) is 0. The van der Waals surface area contributed by atoms with Crippen LogP contribution in [0.3, 0.4) is 0 Å². The van der Waals surface area contributed by atoms with E-state index in [1.807, 2.05) is 0 Å². The van der Waals surface area contributed by atoms with E-state index in [4.69, 9.17) is 4.74 Å². The Morgan fingerprint density at radius 3 is 1.65 bits per heavy atom. The molecule has 20 heavy (non-hydrogen) atoms. The van der Waals surface area contributed by atoms with Crippen LogP contribution in [0.25, 0.3) is 0 Å². The summed E-state index contributed by atoms with van der Waals surface area (Å²) in [5.74, 6) is 0. The quantitative estimate of drug-likeness (QED) is 0.316. The van der Waals surface area contributed by atoms with E-state index < -0.39 is 0 Å². The predicted molar refractivity (Wildman–Crippen MR) is 88.3 cm³/mol. The molecule has 0 amide bonds. The summed E-state index contributed by atoms with van der Waals surface area (Å²) in [7, 11) is 0. The van der Waals surface area contributed by atoms with E-state index in [2.05, 4.69) is 12.2 Å². The maximum absolute atomic E-state index is 5.17. The van der Waals surface area contributed by atoms with Gasteiger partial charge in [0.05, 0.1) is 12.7 Å². The van der Waals surface area contributed by atoms with Crippen molar-refractivity contribution in [3.8, 4) is 0 Å². The predicted octanol–water partition coefficient (Wildman–Crippen LogP) is 5.07. The first-order valence-corrected chi connectivity index (χ1v) is 9.26. The first-order valence-electron chi connectivity index (χ1n) is 9.26. The summed E-state index contributed by atoms with van der Waals surface area (Å²) in [6, 6.07) is 0. The van der Waals surface area contributed by atoms with Gasteiger partial charge in [-0.15, -0.1) is 0 Å². The Bertz CT molecular complexity index is 192. The Morgan fingerprint density at radius 2 is 1.20 bits per heavy atom. The van der Waals surface area contributed by atoms with E-state index in [0.29, 0.717) is 6.10 Å². The van der Waals surface area contributed by atoms with Gasteiger partial charge in [-0.05, 0) is 13.0 Å². The van der Waals surface area contributed by atoms with Crippen LogP contribution < -0.4 is 5.32 Å². The van der Waals surface area contributed by atoms with Crippen molar-refractivity contribution in [3.05, 3.63) is 0 Å². The lowest BCUT2D eigenvalue weighted by molar-refractivity contribution is 0.395. The molecule has 120 valence electrons. The highest BCUT2D eigenvalue weighted by Gasteiger charge is 2.20. The van der Waals surface area contributed by atoms with E-state index in [0.717, 1.165) is 13.2 Å². The average molecular weight is 284 g/mol. The van der Waals surface area contributed by atoms with Gasteiger partial charge in [0.25, 0.3) is 0 Å². The Morgan fingerprint density at radius 1 is 0.750 bits per heavy atom. The third-order valence-corrected chi connectivity index (χ3v) is 4.23. The second kappa shape index (κ2) is 13.9. The molecule has 0 saturated carbocycles. The zero-order valence-electron chi connectivity index (χ0n) is 13.8. The van der Waals surface area contributed by atoms with Crippen molar-refractivity contribution in [2.45, 2.75) is 96.5 Å². The molecule has 2 nitrogen and oxygen atoms in total. The van der Waals surface area contributed by atoms with Crippen molar-refractivity contribution in [3.63, 3.8) is 0 Å². The molecule has 1 heterocycles. The van der Waals surface area contributed by atoms with E-state index >= 15 is 0 Å². The van der Waals surface area contributed by atoms with Crippen LogP contribution in [0.15, 0.2) is 0 Å². The molecule has 0 aliphatic carbocycles. The number of unbranched alkanes of at least 4 members (excludes halogenated alkanes) is 12. The van der Waals surface area contributed by atoms with Gasteiger partial charge in [0.1, 0.15) is 0 Å². The topological polar surface area (TPSA) is 24.6 Å². The van der Waals surface area contributed by atoms with E-state index in [9.17, 15) is 0 Å². The molecule has 1 fully saturated rings. The highest BCUT2D eigenvalue weighted by molar-refractivity contribution is 4.71. The van der Waals surface area contributed by atoms with E-state index in [1.54, 1.807) is 0 Å². The Hall–Kier alpha value is -0.0800. The average Bonchev–Trinajstić information content (AvgIpc) is 3.27. The summed E-state index contributed by atoms with van der Waals surface area (Å²) in [5.41, 5.74) is 0. The van der Waals surface area contributed by atoms with Crippen molar-refractivity contribution in [2.24, 2.45) is 0 Å². The number of hydrogen-bond acceptors (Lipinski definition) is 2. The molecule has 0 spiro atoms. The zero-order chi connectivity index (χ0) is 14.3. The molecule has 1 saturated heterocycles. The largest absolute Gasteiger partial charge is 0.372 e. The lowest BCUT2D eigenvalue weighted by atomic mass is 10.0. The number of epoxide rings is 1. The van der Waals surface area contributed by atoms with Crippen LogP contribution in [-0.2, 0) is 4.74 Å². The smallest absolute Gasteiger partial charge is 0.0933 e. The molecule has 0 aromatic carbocycles. The summed E-state index contributed by atoms with van der Waals surface area (Å²) in [6.45, 7) is 5.51. The zero-order valence-corrected chi connectivity index (χ0v) is 13.8. The van der Waals surface area contributed by atoms with Crippen LogP contribution in [0.2, 0.25) is 0 Å². The fourth-order valence-electron chi connectivity index (χ4n) is 2.72. The van der Waals surface area contributed by atoms with Gasteiger partial charge in [-0.1, -0.05) is 84.0 Å². The molecule has 0 bridgehead atoms. The lowest BCUT2D eigenvalue weighted by Gasteiger charge is -2.04. The van der Waals surface area contributed by atoms with Crippen LogP contribution >= 0.6 is 0 Å². The minimum Gasteiger partial charge on any atom is -0.372 e. The van der Waals surface area contributed by atoms with Crippen molar-refractivity contribution >= 4 is 0 Å². The van der Waals surface area contributed by atoms with E-state index in [-0.39, 0.29) is 0 Å². The van der Waals surface area contributed by atoms with Crippen molar-refractivity contribution in [1.82, 2.24) is 5.32 Å². The molecular weight excluding hydrogens is 246 g/mol. The third kappa shape index (κ3) is 12.9. The Balaban J connectivity index is 1.60.